The molecule has 1 aliphatic heterocycles. The maximum atomic E-state index is 11.0. The Hall–Kier alpha value is -0.980. The first-order valence-corrected chi connectivity index (χ1v) is 5.53. The van der Waals surface area contributed by atoms with Crippen LogP contribution in [0, 0.1) is 0 Å². The third-order valence-electron chi connectivity index (χ3n) is 1.73. The zero-order valence-electron chi connectivity index (χ0n) is 6.86. The molecule has 0 fully saturated rings. The highest BCUT2D eigenvalue weighted by atomic mass is 35.5. The van der Waals surface area contributed by atoms with Crippen molar-refractivity contribution in [2.45, 2.75) is 4.90 Å². The molecule has 0 saturated carbocycles. The van der Waals surface area contributed by atoms with Crippen LogP contribution in [0.1, 0.15) is 0 Å². The Morgan fingerprint density at radius 3 is 2.71 bits per heavy atom. The van der Waals surface area contributed by atoms with Crippen molar-refractivity contribution < 1.29 is 17.9 Å². The molecule has 2 rings (SSSR count). The van der Waals surface area contributed by atoms with Gasteiger partial charge < -0.3 is 9.47 Å². The minimum Gasteiger partial charge on any atom is -0.453 e. The molecule has 5 nitrogen and oxygen atoms in total. The SMILES string of the molecule is NS(=O)(=O)c1cc(Cl)c2c(c1)OCO2. The lowest BCUT2D eigenvalue weighted by molar-refractivity contribution is 0.174. The van der Waals surface area contributed by atoms with E-state index in [9.17, 15) is 8.42 Å². The van der Waals surface area contributed by atoms with E-state index in [2.05, 4.69) is 0 Å². The fraction of sp³-hybridized carbons (Fsp3) is 0.143. The third kappa shape index (κ3) is 1.52. The zero-order valence-corrected chi connectivity index (χ0v) is 8.43. The first-order valence-electron chi connectivity index (χ1n) is 3.60. The molecule has 0 aliphatic carbocycles. The van der Waals surface area contributed by atoms with Gasteiger partial charge in [-0.2, -0.15) is 0 Å². The van der Waals surface area contributed by atoms with E-state index in [1.807, 2.05) is 0 Å². The van der Waals surface area contributed by atoms with Gasteiger partial charge in [0.2, 0.25) is 16.8 Å². The minimum absolute atomic E-state index is 0.0309. The highest BCUT2D eigenvalue weighted by Crippen LogP contribution is 2.40. The first kappa shape index (κ1) is 9.57. The molecule has 1 aliphatic rings. The molecule has 0 amide bonds. The molecule has 0 atom stereocenters. The lowest BCUT2D eigenvalue weighted by atomic mass is 10.3. The van der Waals surface area contributed by atoms with Crippen LogP contribution >= 0.6 is 11.6 Å². The summed E-state index contributed by atoms with van der Waals surface area (Å²) in [6.07, 6.45) is 0. The predicted molar refractivity (Wildman–Crippen MR) is 48.9 cm³/mol. The highest BCUT2D eigenvalue weighted by molar-refractivity contribution is 7.89. The average molecular weight is 236 g/mol. The molecule has 1 aromatic carbocycles. The smallest absolute Gasteiger partial charge is 0.238 e. The molecule has 7 heteroatoms. The zero-order chi connectivity index (χ0) is 10.3. The normalized spacial score (nSPS) is 14.4. The number of hydrogen-bond donors (Lipinski definition) is 1. The van der Waals surface area contributed by atoms with Gasteiger partial charge in [-0.15, -0.1) is 0 Å². The second-order valence-electron chi connectivity index (χ2n) is 2.68. The molecule has 0 saturated heterocycles. The van der Waals surface area contributed by atoms with Crippen LogP contribution in [-0.2, 0) is 10.0 Å². The van der Waals surface area contributed by atoms with Crippen molar-refractivity contribution in [1.82, 2.24) is 0 Å². The van der Waals surface area contributed by atoms with Gasteiger partial charge in [0, 0.05) is 6.07 Å². The summed E-state index contributed by atoms with van der Waals surface area (Å²) in [7, 11) is -3.77. The molecular formula is C7H6ClNO4S. The molecule has 14 heavy (non-hydrogen) atoms. The number of primary sulfonamides is 1. The monoisotopic (exact) mass is 235 g/mol. The Labute approximate surface area is 85.4 Å². The number of nitrogens with two attached hydrogens (primary N) is 1. The Morgan fingerprint density at radius 2 is 2.07 bits per heavy atom. The molecule has 0 bridgehead atoms. The fourth-order valence-electron chi connectivity index (χ4n) is 1.11. The van der Waals surface area contributed by atoms with Gasteiger partial charge in [0.15, 0.2) is 11.5 Å². The van der Waals surface area contributed by atoms with Crippen LogP contribution in [0.25, 0.3) is 0 Å². The predicted octanol–water partition coefficient (Wildman–Crippen LogP) is 0.716. The van der Waals surface area contributed by atoms with Crippen molar-refractivity contribution in [3.8, 4) is 11.5 Å². The average Bonchev–Trinajstić information content (AvgIpc) is 2.50. The Kier molecular flexibility index (Phi) is 2.06. The van der Waals surface area contributed by atoms with Crippen LogP contribution in [0.3, 0.4) is 0 Å². The van der Waals surface area contributed by atoms with Crippen molar-refractivity contribution >= 4 is 21.6 Å². The van der Waals surface area contributed by atoms with Crippen molar-refractivity contribution in [2.75, 3.05) is 6.79 Å². The maximum absolute atomic E-state index is 11.0. The lowest BCUT2D eigenvalue weighted by Gasteiger charge is -2.02. The van der Waals surface area contributed by atoms with Gasteiger partial charge >= 0.3 is 0 Å². The van der Waals surface area contributed by atoms with Crippen LogP contribution in [0.4, 0.5) is 0 Å². The molecule has 76 valence electrons. The Bertz CT molecular complexity index is 485. The number of ether oxygens (including phenoxy) is 2. The molecule has 1 heterocycles. The molecule has 0 aromatic heterocycles. The van der Waals surface area contributed by atoms with E-state index in [0.717, 1.165) is 0 Å². The number of fused-ring (bicyclic) bond motifs is 1. The van der Waals surface area contributed by atoms with Crippen molar-refractivity contribution in [3.63, 3.8) is 0 Å². The van der Waals surface area contributed by atoms with Crippen LogP contribution in [0.15, 0.2) is 17.0 Å². The summed E-state index contributed by atoms with van der Waals surface area (Å²) < 4.78 is 32.0. The highest BCUT2D eigenvalue weighted by Gasteiger charge is 2.21. The second-order valence-corrected chi connectivity index (χ2v) is 4.65. The van der Waals surface area contributed by atoms with Gasteiger partial charge in [0.1, 0.15) is 0 Å². The minimum atomic E-state index is -3.77. The van der Waals surface area contributed by atoms with E-state index in [4.69, 9.17) is 26.2 Å². The topological polar surface area (TPSA) is 78.6 Å². The summed E-state index contributed by atoms with van der Waals surface area (Å²) in [6.45, 7) is 0.0309. The van der Waals surface area contributed by atoms with Gasteiger partial charge in [-0.05, 0) is 6.07 Å². The van der Waals surface area contributed by atoms with Gasteiger partial charge in [-0.1, -0.05) is 11.6 Å². The summed E-state index contributed by atoms with van der Waals surface area (Å²) in [5.74, 6) is 0.639. The van der Waals surface area contributed by atoms with E-state index < -0.39 is 10.0 Å². The molecule has 1 aromatic rings. The molecule has 2 N–H and O–H groups in total. The van der Waals surface area contributed by atoms with Crippen molar-refractivity contribution in [1.29, 1.82) is 0 Å². The quantitative estimate of drug-likeness (QED) is 0.778. The third-order valence-corrected chi connectivity index (χ3v) is 2.90. The van der Waals surface area contributed by atoms with E-state index in [-0.39, 0.29) is 16.7 Å². The van der Waals surface area contributed by atoms with Gasteiger partial charge in [0.05, 0.1) is 9.92 Å². The summed E-state index contributed by atoms with van der Waals surface area (Å²) in [4.78, 5) is -0.0910. The number of benzene rings is 1. The lowest BCUT2D eigenvalue weighted by Crippen LogP contribution is -2.11. The summed E-state index contributed by atoms with van der Waals surface area (Å²) in [6, 6.07) is 2.51. The van der Waals surface area contributed by atoms with E-state index in [1.165, 1.54) is 12.1 Å². The summed E-state index contributed by atoms with van der Waals surface area (Å²) >= 11 is 5.76. The largest absolute Gasteiger partial charge is 0.453 e. The number of hydrogen-bond acceptors (Lipinski definition) is 4. The summed E-state index contributed by atoms with van der Waals surface area (Å²) in [5, 5.41) is 5.11. The van der Waals surface area contributed by atoms with Crippen LogP contribution in [0.2, 0.25) is 5.02 Å². The van der Waals surface area contributed by atoms with E-state index in [1.54, 1.807) is 0 Å². The first-order chi connectivity index (χ1) is 6.48. The van der Waals surface area contributed by atoms with Crippen LogP contribution in [-0.4, -0.2) is 15.2 Å². The molecule has 0 unspecified atom stereocenters. The van der Waals surface area contributed by atoms with Crippen LogP contribution in [0.5, 0.6) is 11.5 Å². The van der Waals surface area contributed by atoms with E-state index >= 15 is 0 Å². The van der Waals surface area contributed by atoms with Gasteiger partial charge in [-0.3, -0.25) is 0 Å². The number of halogens is 1. The molecular weight excluding hydrogens is 230 g/mol. The standard InChI is InChI=1S/C7H6ClNO4S/c8-5-1-4(14(9,10)11)2-6-7(5)13-3-12-6/h1-2H,3H2,(H2,9,10,11). The fourth-order valence-corrected chi connectivity index (χ4v) is 1.99. The van der Waals surface area contributed by atoms with Crippen molar-refractivity contribution in [2.24, 2.45) is 5.14 Å². The van der Waals surface area contributed by atoms with Crippen molar-refractivity contribution in [3.05, 3.63) is 17.2 Å². The van der Waals surface area contributed by atoms with Gasteiger partial charge in [0.25, 0.3) is 0 Å². The van der Waals surface area contributed by atoms with E-state index in [0.29, 0.717) is 11.5 Å². The van der Waals surface area contributed by atoms with Crippen LogP contribution < -0.4 is 14.6 Å². The van der Waals surface area contributed by atoms with Gasteiger partial charge in [-0.25, -0.2) is 13.6 Å². The number of rotatable bonds is 1. The second kappa shape index (κ2) is 3.01. The summed E-state index contributed by atoms with van der Waals surface area (Å²) in [5.41, 5.74) is 0. The maximum Gasteiger partial charge on any atom is 0.238 e. The number of sulfonamides is 1. The Morgan fingerprint density at radius 1 is 1.36 bits per heavy atom. The Balaban J connectivity index is 2.64. The molecule has 0 radical (unpaired) electrons. The molecule has 0 spiro atoms.